The van der Waals surface area contributed by atoms with Crippen LogP contribution < -0.4 is 0 Å². The fourth-order valence-electron chi connectivity index (χ4n) is 1.44. The van der Waals surface area contributed by atoms with E-state index < -0.39 is 0 Å². The van der Waals surface area contributed by atoms with Crippen molar-refractivity contribution in [1.29, 1.82) is 0 Å². The van der Waals surface area contributed by atoms with Gasteiger partial charge in [0, 0.05) is 16.9 Å². The molecule has 0 aliphatic rings. The molecule has 68 valence electrons. The van der Waals surface area contributed by atoms with Gasteiger partial charge in [0.1, 0.15) is 5.82 Å². The smallest absolute Gasteiger partial charge is 0.147 e. The zero-order chi connectivity index (χ0) is 9.26. The molecule has 0 spiro atoms. The predicted molar refractivity (Wildman–Crippen MR) is 55.8 cm³/mol. The average molecular weight is 242 g/mol. The van der Waals surface area contributed by atoms with E-state index in [9.17, 15) is 4.39 Å². The Hall–Kier alpha value is -0.830. The first-order valence-electron chi connectivity index (χ1n) is 4.13. The molecule has 1 heterocycles. The molecule has 0 radical (unpaired) electrons. The van der Waals surface area contributed by atoms with Crippen LogP contribution in [0.1, 0.15) is 5.56 Å². The highest BCUT2D eigenvalue weighted by molar-refractivity contribution is 9.09. The Morgan fingerprint density at radius 3 is 3.00 bits per heavy atom. The fourth-order valence-corrected chi connectivity index (χ4v) is 1.90. The molecule has 0 saturated carbocycles. The monoisotopic (exact) mass is 241 g/mol. The summed E-state index contributed by atoms with van der Waals surface area (Å²) in [5.74, 6) is -0.168. The summed E-state index contributed by atoms with van der Waals surface area (Å²) in [4.78, 5) is 2.87. The summed E-state index contributed by atoms with van der Waals surface area (Å²) in [6, 6.07) is 5.48. The van der Waals surface area contributed by atoms with E-state index in [1.165, 1.54) is 0 Å². The van der Waals surface area contributed by atoms with Crippen molar-refractivity contribution in [2.75, 3.05) is 5.33 Å². The van der Waals surface area contributed by atoms with Crippen molar-refractivity contribution in [3.8, 4) is 0 Å². The standard InChI is InChI=1S/C10H9BrFN/c11-3-1-7-5-8-2-4-13-10(8)9(12)6-7/h2,4-6,13H,1,3H2. The van der Waals surface area contributed by atoms with E-state index in [4.69, 9.17) is 0 Å². The number of aromatic amines is 1. The minimum absolute atomic E-state index is 0.168. The van der Waals surface area contributed by atoms with Gasteiger partial charge >= 0.3 is 0 Å². The maximum atomic E-state index is 13.4. The van der Waals surface area contributed by atoms with E-state index in [2.05, 4.69) is 20.9 Å². The quantitative estimate of drug-likeness (QED) is 0.778. The Bertz CT molecular complexity index is 422. The van der Waals surface area contributed by atoms with Gasteiger partial charge in [0.15, 0.2) is 0 Å². The Balaban J connectivity index is 2.56. The zero-order valence-corrected chi connectivity index (χ0v) is 8.57. The van der Waals surface area contributed by atoms with Gasteiger partial charge < -0.3 is 4.98 Å². The Morgan fingerprint density at radius 1 is 1.38 bits per heavy atom. The van der Waals surface area contributed by atoms with Crippen LogP contribution >= 0.6 is 15.9 Å². The van der Waals surface area contributed by atoms with Gasteiger partial charge in [0.05, 0.1) is 5.52 Å². The minimum atomic E-state index is -0.168. The molecule has 1 nitrogen and oxygen atoms in total. The van der Waals surface area contributed by atoms with E-state index in [1.807, 2.05) is 12.1 Å². The van der Waals surface area contributed by atoms with Crippen LogP contribution in [0.5, 0.6) is 0 Å². The van der Waals surface area contributed by atoms with Gasteiger partial charge in [0.25, 0.3) is 0 Å². The number of aryl methyl sites for hydroxylation is 1. The van der Waals surface area contributed by atoms with Crippen LogP contribution in [0.4, 0.5) is 4.39 Å². The van der Waals surface area contributed by atoms with Crippen molar-refractivity contribution in [3.05, 3.63) is 35.8 Å². The Morgan fingerprint density at radius 2 is 2.23 bits per heavy atom. The second-order valence-corrected chi connectivity index (χ2v) is 3.75. The van der Waals surface area contributed by atoms with Gasteiger partial charge in [0.2, 0.25) is 0 Å². The molecule has 0 aliphatic heterocycles. The number of rotatable bonds is 2. The van der Waals surface area contributed by atoms with E-state index in [1.54, 1.807) is 12.3 Å². The first kappa shape index (κ1) is 8.75. The normalized spacial score (nSPS) is 10.9. The number of H-pyrrole nitrogens is 1. The van der Waals surface area contributed by atoms with Crippen LogP contribution in [0.15, 0.2) is 24.4 Å². The summed E-state index contributed by atoms with van der Waals surface area (Å²) in [6.45, 7) is 0. The van der Waals surface area contributed by atoms with Crippen molar-refractivity contribution in [3.63, 3.8) is 0 Å². The van der Waals surface area contributed by atoms with Crippen LogP contribution in [0.3, 0.4) is 0 Å². The molecule has 0 aliphatic carbocycles. The molecule has 0 saturated heterocycles. The van der Waals surface area contributed by atoms with Gasteiger partial charge in [-0.25, -0.2) is 4.39 Å². The Labute approximate surface area is 84.1 Å². The molecule has 0 atom stereocenters. The van der Waals surface area contributed by atoms with Gasteiger partial charge in [-0.3, -0.25) is 0 Å². The van der Waals surface area contributed by atoms with E-state index in [0.29, 0.717) is 5.52 Å². The first-order valence-corrected chi connectivity index (χ1v) is 5.25. The highest BCUT2D eigenvalue weighted by Gasteiger charge is 2.03. The molecular formula is C10H9BrFN. The molecule has 1 aromatic carbocycles. The molecule has 2 aromatic rings. The van der Waals surface area contributed by atoms with Crippen LogP contribution in [-0.2, 0) is 6.42 Å². The predicted octanol–water partition coefficient (Wildman–Crippen LogP) is 3.24. The summed E-state index contributed by atoms with van der Waals surface area (Å²) < 4.78 is 13.4. The van der Waals surface area contributed by atoms with Gasteiger partial charge in [-0.2, -0.15) is 0 Å². The SMILES string of the molecule is Fc1cc(CCBr)cc2cc[nH]c12. The molecule has 3 heteroatoms. The third-order valence-corrected chi connectivity index (χ3v) is 2.45. The summed E-state index contributed by atoms with van der Waals surface area (Å²) >= 11 is 3.34. The lowest BCUT2D eigenvalue weighted by Gasteiger charge is -1.99. The Kier molecular flexibility index (Phi) is 2.36. The van der Waals surface area contributed by atoms with Crippen molar-refractivity contribution >= 4 is 26.8 Å². The second kappa shape index (κ2) is 3.50. The fraction of sp³-hybridized carbons (Fsp3) is 0.200. The lowest BCUT2D eigenvalue weighted by molar-refractivity contribution is 0.635. The van der Waals surface area contributed by atoms with Gasteiger partial charge in [-0.05, 0) is 30.2 Å². The maximum absolute atomic E-state index is 13.4. The van der Waals surface area contributed by atoms with Crippen LogP contribution in [0, 0.1) is 5.82 Å². The molecule has 0 bridgehead atoms. The lowest BCUT2D eigenvalue weighted by Crippen LogP contribution is -1.88. The number of halogens is 2. The van der Waals surface area contributed by atoms with E-state index in [-0.39, 0.29) is 5.82 Å². The topological polar surface area (TPSA) is 15.8 Å². The second-order valence-electron chi connectivity index (χ2n) is 2.96. The maximum Gasteiger partial charge on any atom is 0.147 e. The zero-order valence-electron chi connectivity index (χ0n) is 6.98. The number of hydrogen-bond donors (Lipinski definition) is 1. The molecule has 1 aromatic heterocycles. The number of aromatic nitrogens is 1. The minimum Gasteiger partial charge on any atom is -0.359 e. The van der Waals surface area contributed by atoms with Crippen molar-refractivity contribution in [2.24, 2.45) is 0 Å². The van der Waals surface area contributed by atoms with Crippen molar-refractivity contribution < 1.29 is 4.39 Å². The molecule has 0 amide bonds. The average Bonchev–Trinajstić information content (AvgIpc) is 2.53. The van der Waals surface area contributed by atoms with Crippen LogP contribution in [0.25, 0.3) is 10.9 Å². The van der Waals surface area contributed by atoms with Crippen LogP contribution in [-0.4, -0.2) is 10.3 Å². The van der Waals surface area contributed by atoms with Gasteiger partial charge in [-0.1, -0.05) is 15.9 Å². The summed E-state index contributed by atoms with van der Waals surface area (Å²) in [5, 5.41) is 1.80. The van der Waals surface area contributed by atoms with E-state index in [0.717, 1.165) is 22.7 Å². The number of benzene rings is 1. The third-order valence-electron chi connectivity index (χ3n) is 2.05. The highest BCUT2D eigenvalue weighted by atomic mass is 79.9. The number of fused-ring (bicyclic) bond motifs is 1. The first-order chi connectivity index (χ1) is 6.31. The summed E-state index contributed by atoms with van der Waals surface area (Å²) in [7, 11) is 0. The highest BCUT2D eigenvalue weighted by Crippen LogP contribution is 2.19. The number of hydrogen-bond acceptors (Lipinski definition) is 0. The van der Waals surface area contributed by atoms with Gasteiger partial charge in [-0.15, -0.1) is 0 Å². The summed E-state index contributed by atoms with van der Waals surface area (Å²) in [6.07, 6.45) is 2.61. The van der Waals surface area contributed by atoms with Crippen molar-refractivity contribution in [2.45, 2.75) is 6.42 Å². The van der Waals surface area contributed by atoms with E-state index >= 15 is 0 Å². The molecule has 2 rings (SSSR count). The van der Waals surface area contributed by atoms with Crippen molar-refractivity contribution in [1.82, 2.24) is 4.98 Å². The largest absolute Gasteiger partial charge is 0.359 e. The molecular weight excluding hydrogens is 233 g/mol. The van der Waals surface area contributed by atoms with Crippen LogP contribution in [0.2, 0.25) is 0 Å². The molecule has 13 heavy (non-hydrogen) atoms. The lowest BCUT2D eigenvalue weighted by atomic mass is 10.1. The number of nitrogens with one attached hydrogen (secondary N) is 1. The molecule has 1 N–H and O–H groups in total. The number of alkyl halides is 1. The summed E-state index contributed by atoms with van der Waals surface area (Å²) in [5.41, 5.74) is 1.62. The molecule has 0 unspecified atom stereocenters. The molecule has 0 fully saturated rings. The third kappa shape index (κ3) is 1.61.